The van der Waals surface area contributed by atoms with Crippen molar-refractivity contribution in [2.75, 3.05) is 13.1 Å². The zero-order valence-electron chi connectivity index (χ0n) is 15.4. The molecule has 1 saturated heterocycles. The van der Waals surface area contributed by atoms with Gasteiger partial charge in [-0.15, -0.1) is 0 Å². The molecular weight excluding hydrogens is 324 g/mol. The molecule has 1 aliphatic carbocycles. The number of hydrogen-bond acceptors (Lipinski definition) is 3. The van der Waals surface area contributed by atoms with Gasteiger partial charge in [-0.2, -0.15) is 5.10 Å². The smallest absolute Gasteiger partial charge is 0.129 e. The van der Waals surface area contributed by atoms with Crippen molar-refractivity contribution in [3.63, 3.8) is 0 Å². The van der Waals surface area contributed by atoms with Crippen LogP contribution in [0.1, 0.15) is 36.2 Å². The Hall–Kier alpha value is -2.27. The number of benzene rings is 1. The first kappa shape index (κ1) is 15.9. The van der Waals surface area contributed by atoms with Crippen LogP contribution in [-0.4, -0.2) is 38.9 Å². The first-order chi connectivity index (χ1) is 12.8. The van der Waals surface area contributed by atoms with Crippen LogP contribution in [0.2, 0.25) is 0 Å². The molecule has 2 aromatic heterocycles. The number of aryl methyl sites for hydroxylation is 2. The fraction of sp³-hybridized carbons (Fsp3) is 0.476. The monoisotopic (exact) mass is 350 g/mol. The number of aromatic amines is 1. The van der Waals surface area contributed by atoms with Crippen molar-refractivity contribution >= 4 is 10.9 Å². The lowest BCUT2D eigenvalue weighted by atomic mass is 10.1. The Labute approximate surface area is 153 Å². The molecule has 1 aromatic carbocycles. The molecule has 2 aliphatic rings. The molecule has 0 unspecified atom stereocenters. The highest BCUT2D eigenvalue weighted by atomic mass is 16.5. The topological polar surface area (TPSA) is 46.1 Å². The van der Waals surface area contributed by atoms with Crippen LogP contribution < -0.4 is 4.74 Å². The standard InChI is InChI=1S/C21H26N4O/c1-24-20(16-4-2-6-19(16)23-24)14-25-12-9-15(10-13-25)26-21-7-3-5-18-17(21)8-11-22-18/h3,5,7-8,11,15,22H,2,4,6,9-10,12-14H2,1H3. The van der Waals surface area contributed by atoms with Crippen LogP contribution in [0.25, 0.3) is 10.9 Å². The van der Waals surface area contributed by atoms with Gasteiger partial charge in [0.1, 0.15) is 11.9 Å². The molecule has 1 N–H and O–H groups in total. The van der Waals surface area contributed by atoms with Crippen LogP contribution in [0.15, 0.2) is 30.5 Å². The zero-order chi connectivity index (χ0) is 17.5. The molecule has 0 spiro atoms. The van der Waals surface area contributed by atoms with E-state index in [0.717, 1.165) is 50.2 Å². The Balaban J connectivity index is 1.22. The molecule has 3 heterocycles. The van der Waals surface area contributed by atoms with E-state index in [1.165, 1.54) is 35.2 Å². The fourth-order valence-electron chi connectivity index (χ4n) is 4.52. The molecule has 0 saturated carbocycles. The number of piperidine rings is 1. The summed E-state index contributed by atoms with van der Waals surface area (Å²) < 4.78 is 8.45. The molecule has 26 heavy (non-hydrogen) atoms. The van der Waals surface area contributed by atoms with Gasteiger partial charge in [0.2, 0.25) is 0 Å². The van der Waals surface area contributed by atoms with E-state index in [0.29, 0.717) is 6.10 Å². The van der Waals surface area contributed by atoms with E-state index in [1.807, 2.05) is 6.20 Å². The maximum absolute atomic E-state index is 6.34. The highest BCUT2D eigenvalue weighted by Gasteiger charge is 2.25. The van der Waals surface area contributed by atoms with Gasteiger partial charge in [-0.3, -0.25) is 9.58 Å². The lowest BCUT2D eigenvalue weighted by Crippen LogP contribution is -2.38. The molecule has 5 nitrogen and oxygen atoms in total. The number of fused-ring (bicyclic) bond motifs is 2. The molecular formula is C21H26N4O. The van der Waals surface area contributed by atoms with Crippen molar-refractivity contribution in [1.82, 2.24) is 19.7 Å². The Morgan fingerprint density at radius 3 is 2.96 bits per heavy atom. The minimum absolute atomic E-state index is 0.309. The number of ether oxygens (including phenoxy) is 1. The second-order valence-electron chi connectivity index (χ2n) is 7.64. The quantitative estimate of drug-likeness (QED) is 0.784. The predicted octanol–water partition coefficient (Wildman–Crippen LogP) is 3.43. The Morgan fingerprint density at radius 1 is 1.19 bits per heavy atom. The molecule has 136 valence electrons. The number of nitrogens with zero attached hydrogens (tertiary/aromatic N) is 3. The number of H-pyrrole nitrogens is 1. The minimum Gasteiger partial charge on any atom is -0.490 e. The number of hydrogen-bond donors (Lipinski definition) is 1. The highest BCUT2D eigenvalue weighted by molar-refractivity contribution is 5.85. The minimum atomic E-state index is 0.309. The van der Waals surface area contributed by atoms with E-state index < -0.39 is 0 Å². The van der Waals surface area contributed by atoms with E-state index in [2.05, 4.69) is 45.9 Å². The van der Waals surface area contributed by atoms with Crippen molar-refractivity contribution < 1.29 is 4.74 Å². The van der Waals surface area contributed by atoms with E-state index in [1.54, 1.807) is 0 Å². The summed E-state index contributed by atoms with van der Waals surface area (Å²) >= 11 is 0. The maximum atomic E-state index is 6.34. The van der Waals surface area contributed by atoms with Crippen LogP contribution >= 0.6 is 0 Å². The van der Waals surface area contributed by atoms with Crippen molar-refractivity contribution in [1.29, 1.82) is 0 Å². The lowest BCUT2D eigenvalue weighted by molar-refractivity contribution is 0.0965. The predicted molar refractivity (Wildman–Crippen MR) is 102 cm³/mol. The van der Waals surface area contributed by atoms with Gasteiger partial charge in [0.25, 0.3) is 0 Å². The Kier molecular flexibility index (Phi) is 3.97. The molecule has 3 aromatic rings. The molecule has 0 amide bonds. The average molecular weight is 350 g/mol. The van der Waals surface area contributed by atoms with E-state index in [4.69, 9.17) is 9.84 Å². The van der Waals surface area contributed by atoms with Crippen molar-refractivity contribution in [2.24, 2.45) is 7.05 Å². The second-order valence-corrected chi connectivity index (χ2v) is 7.64. The summed E-state index contributed by atoms with van der Waals surface area (Å²) in [5.41, 5.74) is 5.42. The summed E-state index contributed by atoms with van der Waals surface area (Å²) in [7, 11) is 2.10. The maximum Gasteiger partial charge on any atom is 0.129 e. The normalized spacial score (nSPS) is 18.5. The van der Waals surface area contributed by atoms with Crippen LogP contribution in [0, 0.1) is 0 Å². The Morgan fingerprint density at radius 2 is 2.08 bits per heavy atom. The lowest BCUT2D eigenvalue weighted by Gasteiger charge is -2.32. The van der Waals surface area contributed by atoms with E-state index in [-0.39, 0.29) is 0 Å². The van der Waals surface area contributed by atoms with E-state index >= 15 is 0 Å². The number of rotatable bonds is 4. The summed E-state index contributed by atoms with van der Waals surface area (Å²) in [5.74, 6) is 1.01. The van der Waals surface area contributed by atoms with Crippen LogP contribution in [0.4, 0.5) is 0 Å². The molecule has 5 rings (SSSR count). The van der Waals surface area contributed by atoms with Gasteiger partial charge in [0.15, 0.2) is 0 Å². The van der Waals surface area contributed by atoms with Crippen LogP contribution in [-0.2, 0) is 26.4 Å². The van der Waals surface area contributed by atoms with Crippen molar-refractivity contribution in [3.05, 3.63) is 47.4 Å². The van der Waals surface area contributed by atoms with Gasteiger partial charge in [-0.05, 0) is 55.9 Å². The van der Waals surface area contributed by atoms with E-state index in [9.17, 15) is 0 Å². The first-order valence-corrected chi connectivity index (χ1v) is 9.76. The summed E-state index contributed by atoms with van der Waals surface area (Å²) in [6, 6.07) is 8.34. The summed E-state index contributed by atoms with van der Waals surface area (Å²) in [5, 5.41) is 5.89. The first-order valence-electron chi connectivity index (χ1n) is 9.76. The largest absolute Gasteiger partial charge is 0.490 e. The summed E-state index contributed by atoms with van der Waals surface area (Å²) in [6.07, 6.45) is 8.09. The summed E-state index contributed by atoms with van der Waals surface area (Å²) in [4.78, 5) is 5.82. The van der Waals surface area contributed by atoms with Crippen molar-refractivity contribution in [2.45, 2.75) is 44.8 Å². The van der Waals surface area contributed by atoms with Gasteiger partial charge < -0.3 is 9.72 Å². The van der Waals surface area contributed by atoms with Gasteiger partial charge >= 0.3 is 0 Å². The Bertz CT molecular complexity index is 917. The fourth-order valence-corrected chi connectivity index (χ4v) is 4.52. The highest BCUT2D eigenvalue weighted by Crippen LogP contribution is 2.29. The molecule has 5 heteroatoms. The molecule has 0 radical (unpaired) electrons. The second kappa shape index (κ2) is 6.47. The third kappa shape index (κ3) is 2.80. The molecule has 0 atom stereocenters. The van der Waals surface area contributed by atoms with Crippen molar-refractivity contribution in [3.8, 4) is 5.75 Å². The SMILES string of the molecule is Cn1nc2c(c1CN1CCC(Oc3cccc4[nH]ccc34)CC1)CCC2. The third-order valence-corrected chi connectivity index (χ3v) is 5.95. The van der Waals surface area contributed by atoms with Gasteiger partial charge in [-0.25, -0.2) is 0 Å². The zero-order valence-corrected chi connectivity index (χ0v) is 15.4. The average Bonchev–Trinajstić information content (AvgIpc) is 3.35. The number of likely N-dealkylation sites (tertiary alicyclic amines) is 1. The third-order valence-electron chi connectivity index (χ3n) is 5.95. The number of nitrogens with one attached hydrogen (secondary N) is 1. The van der Waals surface area contributed by atoms with Gasteiger partial charge in [0, 0.05) is 43.8 Å². The van der Waals surface area contributed by atoms with Gasteiger partial charge in [-0.1, -0.05) is 6.07 Å². The number of aromatic nitrogens is 3. The van der Waals surface area contributed by atoms with Crippen LogP contribution in [0.5, 0.6) is 5.75 Å². The molecule has 1 fully saturated rings. The molecule has 1 aliphatic heterocycles. The summed E-state index contributed by atoms with van der Waals surface area (Å²) in [6.45, 7) is 3.21. The van der Waals surface area contributed by atoms with Crippen LogP contribution in [0.3, 0.4) is 0 Å². The van der Waals surface area contributed by atoms with Gasteiger partial charge in [0.05, 0.1) is 11.4 Å². The molecule has 0 bridgehead atoms.